The first-order chi connectivity index (χ1) is 14.4. The van der Waals surface area contributed by atoms with Gasteiger partial charge in [0.15, 0.2) is 0 Å². The highest BCUT2D eigenvalue weighted by molar-refractivity contribution is 6.05. The molecule has 6 rings (SSSR count). The average Bonchev–Trinajstić information content (AvgIpc) is 3.21. The van der Waals surface area contributed by atoms with Gasteiger partial charge in [-0.1, -0.05) is 13.8 Å². The highest BCUT2D eigenvalue weighted by atomic mass is 16.2. The zero-order chi connectivity index (χ0) is 20.9. The number of fused-ring (bicyclic) bond motifs is 5. The SMILES string of the molecule is CC(=O)N1C(C)=NC2CC3N=C4C5CCC(C)C6C(C)CCC(C(=O)N4C3CC21)C56. The van der Waals surface area contributed by atoms with Gasteiger partial charge in [-0.15, -0.1) is 0 Å². The number of piperidine rings is 1. The predicted molar refractivity (Wildman–Crippen MR) is 115 cm³/mol. The summed E-state index contributed by atoms with van der Waals surface area (Å²) in [5.74, 6) is 5.58. The third kappa shape index (κ3) is 2.36. The van der Waals surface area contributed by atoms with Gasteiger partial charge in [-0.05, 0) is 69.1 Å². The van der Waals surface area contributed by atoms with Gasteiger partial charge in [-0.2, -0.15) is 0 Å². The minimum atomic E-state index is 0.0664. The minimum absolute atomic E-state index is 0.0664. The maximum Gasteiger partial charge on any atom is 0.231 e. The molecule has 0 spiro atoms. The quantitative estimate of drug-likeness (QED) is 0.616. The molecule has 0 aromatic carbocycles. The van der Waals surface area contributed by atoms with E-state index < -0.39 is 0 Å². The van der Waals surface area contributed by atoms with Crippen molar-refractivity contribution >= 4 is 23.5 Å². The number of hydrogen-bond donors (Lipinski definition) is 0. The molecule has 0 aromatic heterocycles. The van der Waals surface area contributed by atoms with E-state index in [0.29, 0.717) is 35.5 Å². The van der Waals surface area contributed by atoms with Crippen LogP contribution >= 0.6 is 0 Å². The molecule has 0 radical (unpaired) electrons. The van der Waals surface area contributed by atoms with E-state index in [0.717, 1.165) is 30.9 Å². The molecule has 3 heterocycles. The number of amidine groups is 2. The molecule has 3 saturated carbocycles. The number of hydrogen-bond acceptors (Lipinski definition) is 4. The van der Waals surface area contributed by atoms with Gasteiger partial charge < -0.3 is 0 Å². The molecule has 6 heteroatoms. The Balaban J connectivity index is 1.35. The summed E-state index contributed by atoms with van der Waals surface area (Å²) in [6.07, 6.45) is 6.33. The lowest BCUT2D eigenvalue weighted by Crippen LogP contribution is -2.63. The smallest absolute Gasteiger partial charge is 0.231 e. The first-order valence-electron chi connectivity index (χ1n) is 12.1. The second-order valence-corrected chi connectivity index (χ2v) is 11.0. The van der Waals surface area contributed by atoms with Crippen LogP contribution in [0.4, 0.5) is 0 Å². The van der Waals surface area contributed by atoms with Gasteiger partial charge in [0.1, 0.15) is 11.7 Å². The van der Waals surface area contributed by atoms with Gasteiger partial charge in [-0.25, -0.2) is 0 Å². The van der Waals surface area contributed by atoms with Crippen LogP contribution in [0.25, 0.3) is 0 Å². The van der Waals surface area contributed by atoms with Crippen molar-refractivity contribution in [2.75, 3.05) is 0 Å². The fourth-order valence-corrected chi connectivity index (χ4v) is 8.47. The van der Waals surface area contributed by atoms with Crippen molar-refractivity contribution in [1.29, 1.82) is 0 Å². The first-order valence-corrected chi connectivity index (χ1v) is 12.1. The lowest BCUT2D eigenvalue weighted by Gasteiger charge is -2.56. The van der Waals surface area contributed by atoms with E-state index in [1.807, 2.05) is 11.8 Å². The maximum absolute atomic E-state index is 13.8. The lowest BCUT2D eigenvalue weighted by atomic mass is 9.53. The molecular weight excluding hydrogens is 376 g/mol. The summed E-state index contributed by atoms with van der Waals surface area (Å²) >= 11 is 0. The van der Waals surface area contributed by atoms with Crippen LogP contribution in [0.1, 0.15) is 66.2 Å². The third-order valence-corrected chi connectivity index (χ3v) is 9.54. The number of carbonyl (C=O) groups is 2. The molecule has 6 aliphatic rings. The molecule has 2 amide bonds. The van der Waals surface area contributed by atoms with Gasteiger partial charge in [-0.3, -0.25) is 29.4 Å². The molecule has 0 N–H and O–H groups in total. The predicted octanol–water partition coefficient (Wildman–Crippen LogP) is 3.11. The Hall–Kier alpha value is -1.72. The van der Waals surface area contributed by atoms with Gasteiger partial charge in [0.25, 0.3) is 0 Å². The number of rotatable bonds is 0. The lowest BCUT2D eigenvalue weighted by molar-refractivity contribution is -0.146. The van der Waals surface area contributed by atoms with Crippen LogP contribution in [0, 0.1) is 35.5 Å². The number of nitrogens with zero attached hydrogens (tertiary/aromatic N) is 4. The Morgan fingerprint density at radius 2 is 1.57 bits per heavy atom. The Bertz CT molecular complexity index is 861. The zero-order valence-electron chi connectivity index (χ0n) is 18.6. The van der Waals surface area contributed by atoms with E-state index >= 15 is 0 Å². The summed E-state index contributed by atoms with van der Waals surface area (Å²) in [5.41, 5.74) is 0. The molecule has 3 aliphatic heterocycles. The molecule has 0 bridgehead atoms. The largest absolute Gasteiger partial charge is 0.296 e. The summed E-state index contributed by atoms with van der Waals surface area (Å²) in [6.45, 7) is 8.38. The van der Waals surface area contributed by atoms with Crippen LogP contribution in [0.5, 0.6) is 0 Å². The molecule has 0 aromatic rings. The summed E-state index contributed by atoms with van der Waals surface area (Å²) in [5, 5.41) is 0. The number of amides is 2. The fraction of sp³-hybridized carbons (Fsp3) is 0.833. The van der Waals surface area contributed by atoms with Crippen LogP contribution in [0.3, 0.4) is 0 Å². The van der Waals surface area contributed by atoms with Crippen molar-refractivity contribution < 1.29 is 9.59 Å². The molecule has 1 saturated heterocycles. The van der Waals surface area contributed by atoms with Crippen molar-refractivity contribution in [3.63, 3.8) is 0 Å². The molecule has 10 atom stereocenters. The van der Waals surface area contributed by atoms with Gasteiger partial charge >= 0.3 is 0 Å². The zero-order valence-corrected chi connectivity index (χ0v) is 18.6. The van der Waals surface area contributed by atoms with Crippen molar-refractivity contribution in [3.05, 3.63) is 0 Å². The summed E-state index contributed by atoms with van der Waals surface area (Å²) in [7, 11) is 0. The average molecular weight is 411 g/mol. The molecule has 10 unspecified atom stereocenters. The van der Waals surface area contributed by atoms with Crippen molar-refractivity contribution in [2.24, 2.45) is 45.5 Å². The second kappa shape index (κ2) is 6.39. The van der Waals surface area contributed by atoms with Crippen LogP contribution < -0.4 is 0 Å². The monoisotopic (exact) mass is 410 g/mol. The topological polar surface area (TPSA) is 65.3 Å². The molecule has 6 nitrogen and oxygen atoms in total. The molecular formula is C24H34N4O2. The Labute approximate surface area is 179 Å². The number of aliphatic imine (C=N–C) groups is 2. The highest BCUT2D eigenvalue weighted by Gasteiger charge is 2.60. The fourth-order valence-electron chi connectivity index (χ4n) is 8.47. The standard InChI is InChI=1S/C24H34N4O2/c1-11-5-7-15-22-16(8-6-12(2)21(11)22)24(30)28-20-10-19-17(9-18(20)26-23(15)28)25-13(3)27(19)14(4)29/h11-12,15-22H,5-10H2,1-4H3. The minimum Gasteiger partial charge on any atom is -0.296 e. The first kappa shape index (κ1) is 19.0. The normalized spacial score (nSPS) is 49.0. The van der Waals surface area contributed by atoms with Crippen LogP contribution in [-0.4, -0.2) is 57.5 Å². The van der Waals surface area contributed by atoms with Gasteiger partial charge in [0, 0.05) is 18.8 Å². The van der Waals surface area contributed by atoms with Gasteiger partial charge in [0.05, 0.1) is 24.2 Å². The molecule has 4 fully saturated rings. The Morgan fingerprint density at radius 3 is 2.27 bits per heavy atom. The van der Waals surface area contributed by atoms with E-state index in [4.69, 9.17) is 9.98 Å². The second-order valence-electron chi connectivity index (χ2n) is 11.0. The molecule has 30 heavy (non-hydrogen) atoms. The van der Waals surface area contributed by atoms with Crippen LogP contribution in [0.15, 0.2) is 9.98 Å². The summed E-state index contributed by atoms with van der Waals surface area (Å²) < 4.78 is 0. The summed E-state index contributed by atoms with van der Waals surface area (Å²) in [6, 6.07) is 0.505. The van der Waals surface area contributed by atoms with E-state index in [1.165, 1.54) is 19.3 Å². The van der Waals surface area contributed by atoms with E-state index in [-0.39, 0.29) is 36.0 Å². The van der Waals surface area contributed by atoms with Crippen molar-refractivity contribution in [1.82, 2.24) is 9.80 Å². The van der Waals surface area contributed by atoms with Crippen LogP contribution in [0.2, 0.25) is 0 Å². The van der Waals surface area contributed by atoms with Crippen molar-refractivity contribution in [3.8, 4) is 0 Å². The molecule has 162 valence electrons. The summed E-state index contributed by atoms with van der Waals surface area (Å²) in [4.78, 5) is 40.2. The van der Waals surface area contributed by atoms with Gasteiger partial charge in [0.2, 0.25) is 11.8 Å². The molecule has 3 aliphatic carbocycles. The highest BCUT2D eigenvalue weighted by Crippen LogP contribution is 2.56. The Morgan fingerprint density at radius 1 is 0.900 bits per heavy atom. The van der Waals surface area contributed by atoms with Crippen LogP contribution in [-0.2, 0) is 9.59 Å². The number of carbonyl (C=O) groups excluding carboxylic acids is 2. The van der Waals surface area contributed by atoms with E-state index in [2.05, 4.69) is 18.7 Å². The van der Waals surface area contributed by atoms with Crippen molar-refractivity contribution in [2.45, 2.75) is 90.4 Å². The Kier molecular flexibility index (Phi) is 4.05. The maximum atomic E-state index is 13.8. The van der Waals surface area contributed by atoms with E-state index in [1.54, 1.807) is 6.92 Å². The van der Waals surface area contributed by atoms with E-state index in [9.17, 15) is 9.59 Å². The third-order valence-electron chi connectivity index (χ3n) is 9.54.